The number of nitrogens with one attached hydrogen (secondary N) is 1. The third-order valence-electron chi connectivity index (χ3n) is 4.01. The molecule has 10 heteroatoms. The van der Waals surface area contributed by atoms with E-state index in [0.717, 1.165) is 16.2 Å². The number of benzene rings is 1. The molecule has 1 aliphatic rings. The topological polar surface area (TPSA) is 65.5 Å². The number of aromatic nitrogens is 1. The molecule has 0 unspecified atom stereocenters. The summed E-state index contributed by atoms with van der Waals surface area (Å²) < 4.78 is 37.3. The second-order valence-electron chi connectivity index (χ2n) is 5.97. The molecule has 1 saturated heterocycles. The SMILES string of the molecule is CCNc1cnccc1CN1CC(=O)N(c2ccc(SC(F)(F)F)cc2)C1=O. The second-order valence-corrected chi connectivity index (χ2v) is 7.11. The Balaban J connectivity index is 1.75. The van der Waals surface area contributed by atoms with Crippen LogP contribution in [0.25, 0.3) is 0 Å². The molecular formula is C18H17F3N4O2S. The van der Waals surface area contributed by atoms with Gasteiger partial charge >= 0.3 is 11.5 Å². The first-order chi connectivity index (χ1) is 13.3. The number of anilines is 2. The van der Waals surface area contributed by atoms with Gasteiger partial charge in [-0.1, -0.05) is 0 Å². The summed E-state index contributed by atoms with van der Waals surface area (Å²) in [6.07, 6.45) is 3.25. The fourth-order valence-electron chi connectivity index (χ4n) is 2.84. The molecule has 3 amide bonds. The summed E-state index contributed by atoms with van der Waals surface area (Å²) in [5, 5.41) is 3.15. The Morgan fingerprint density at radius 3 is 2.54 bits per heavy atom. The molecule has 0 aliphatic carbocycles. The van der Waals surface area contributed by atoms with Gasteiger partial charge in [0.15, 0.2) is 0 Å². The third-order valence-corrected chi connectivity index (χ3v) is 4.74. The molecule has 3 rings (SSSR count). The number of halogens is 3. The van der Waals surface area contributed by atoms with Crippen molar-refractivity contribution in [3.63, 3.8) is 0 Å². The first-order valence-electron chi connectivity index (χ1n) is 8.43. The van der Waals surface area contributed by atoms with E-state index in [1.807, 2.05) is 6.92 Å². The molecule has 0 atom stereocenters. The van der Waals surface area contributed by atoms with E-state index in [9.17, 15) is 22.8 Å². The van der Waals surface area contributed by atoms with Gasteiger partial charge in [-0.3, -0.25) is 9.78 Å². The van der Waals surface area contributed by atoms with E-state index in [-0.39, 0.29) is 35.4 Å². The zero-order valence-corrected chi connectivity index (χ0v) is 15.7. The number of rotatable bonds is 6. The summed E-state index contributed by atoms with van der Waals surface area (Å²) in [5.74, 6) is -0.430. The number of thioether (sulfide) groups is 1. The quantitative estimate of drug-likeness (QED) is 0.574. The summed E-state index contributed by atoms with van der Waals surface area (Å²) >= 11 is -0.250. The molecule has 1 aromatic heterocycles. The zero-order chi connectivity index (χ0) is 20.3. The van der Waals surface area contributed by atoms with Gasteiger partial charge in [-0.25, -0.2) is 9.69 Å². The summed E-state index contributed by atoms with van der Waals surface area (Å²) in [6.45, 7) is 2.73. The van der Waals surface area contributed by atoms with E-state index >= 15 is 0 Å². The maximum absolute atomic E-state index is 12.7. The number of nitrogens with zero attached hydrogens (tertiary/aromatic N) is 3. The van der Waals surface area contributed by atoms with Crippen LogP contribution in [-0.4, -0.2) is 40.4 Å². The summed E-state index contributed by atoms with van der Waals surface area (Å²) in [4.78, 5) is 31.5. The molecule has 1 aliphatic heterocycles. The normalized spacial score (nSPS) is 14.7. The Morgan fingerprint density at radius 2 is 1.89 bits per heavy atom. The molecule has 0 spiro atoms. The molecule has 28 heavy (non-hydrogen) atoms. The Morgan fingerprint density at radius 1 is 1.18 bits per heavy atom. The average Bonchev–Trinajstić information content (AvgIpc) is 2.90. The maximum Gasteiger partial charge on any atom is 0.446 e. The Bertz CT molecular complexity index is 874. The number of imide groups is 1. The number of carbonyl (C=O) groups is 2. The van der Waals surface area contributed by atoms with Gasteiger partial charge in [-0.15, -0.1) is 0 Å². The standard InChI is InChI=1S/C18H17F3N4O2S/c1-2-23-15-9-22-8-7-12(15)10-24-11-16(26)25(17(24)27)13-3-5-14(6-4-13)28-18(19,20)21/h3-9,23H,2,10-11H2,1H3. The highest BCUT2D eigenvalue weighted by atomic mass is 32.2. The van der Waals surface area contributed by atoms with Crippen LogP contribution < -0.4 is 10.2 Å². The van der Waals surface area contributed by atoms with E-state index in [4.69, 9.17) is 0 Å². The van der Waals surface area contributed by atoms with Crippen molar-refractivity contribution in [2.45, 2.75) is 23.9 Å². The van der Waals surface area contributed by atoms with Gasteiger partial charge in [0.25, 0.3) is 5.91 Å². The van der Waals surface area contributed by atoms with Crippen molar-refractivity contribution in [2.24, 2.45) is 0 Å². The molecule has 1 fully saturated rings. The maximum atomic E-state index is 12.7. The van der Waals surface area contributed by atoms with Crippen LogP contribution in [0.4, 0.5) is 29.3 Å². The Labute approximate surface area is 163 Å². The van der Waals surface area contributed by atoms with Crippen molar-refractivity contribution in [1.29, 1.82) is 0 Å². The number of hydrogen-bond donors (Lipinski definition) is 1. The molecule has 0 saturated carbocycles. The van der Waals surface area contributed by atoms with Crippen LogP contribution in [-0.2, 0) is 11.3 Å². The van der Waals surface area contributed by atoms with E-state index < -0.39 is 17.4 Å². The lowest BCUT2D eigenvalue weighted by Gasteiger charge is -2.19. The lowest BCUT2D eigenvalue weighted by atomic mass is 10.2. The largest absolute Gasteiger partial charge is 0.446 e. The van der Waals surface area contributed by atoms with Crippen molar-refractivity contribution in [3.8, 4) is 0 Å². The molecule has 6 nitrogen and oxygen atoms in total. The van der Waals surface area contributed by atoms with Crippen molar-refractivity contribution in [1.82, 2.24) is 9.88 Å². The molecule has 1 aromatic carbocycles. The number of urea groups is 1. The van der Waals surface area contributed by atoms with Crippen molar-refractivity contribution < 1.29 is 22.8 Å². The zero-order valence-electron chi connectivity index (χ0n) is 14.9. The van der Waals surface area contributed by atoms with Gasteiger partial charge in [0.1, 0.15) is 6.54 Å². The highest BCUT2D eigenvalue weighted by Crippen LogP contribution is 2.37. The molecule has 1 N–H and O–H groups in total. The van der Waals surface area contributed by atoms with Gasteiger partial charge in [0, 0.05) is 17.6 Å². The second kappa shape index (κ2) is 8.09. The molecule has 0 bridgehead atoms. The van der Waals surface area contributed by atoms with Crippen molar-refractivity contribution in [2.75, 3.05) is 23.3 Å². The fourth-order valence-corrected chi connectivity index (χ4v) is 3.38. The van der Waals surface area contributed by atoms with Crippen LogP contribution in [0.2, 0.25) is 0 Å². The van der Waals surface area contributed by atoms with Crippen LogP contribution in [0, 0.1) is 0 Å². The van der Waals surface area contributed by atoms with Crippen LogP contribution in [0.15, 0.2) is 47.6 Å². The van der Waals surface area contributed by atoms with E-state index in [1.165, 1.54) is 29.2 Å². The molecular weight excluding hydrogens is 393 g/mol. The fraction of sp³-hybridized carbons (Fsp3) is 0.278. The highest BCUT2D eigenvalue weighted by Gasteiger charge is 2.37. The van der Waals surface area contributed by atoms with Gasteiger partial charge in [0.2, 0.25) is 0 Å². The predicted molar refractivity (Wildman–Crippen MR) is 100 cm³/mol. The van der Waals surface area contributed by atoms with E-state index in [2.05, 4.69) is 10.3 Å². The number of carbonyl (C=O) groups excluding carboxylic acids is 2. The van der Waals surface area contributed by atoms with E-state index in [0.29, 0.717) is 6.54 Å². The average molecular weight is 410 g/mol. The van der Waals surface area contributed by atoms with Crippen LogP contribution in [0.3, 0.4) is 0 Å². The highest BCUT2D eigenvalue weighted by molar-refractivity contribution is 8.00. The summed E-state index contributed by atoms with van der Waals surface area (Å²) in [7, 11) is 0. The lowest BCUT2D eigenvalue weighted by molar-refractivity contribution is -0.116. The Hall–Kier alpha value is -2.75. The summed E-state index contributed by atoms with van der Waals surface area (Å²) in [5.41, 5.74) is -2.56. The molecule has 2 heterocycles. The van der Waals surface area contributed by atoms with E-state index in [1.54, 1.807) is 18.5 Å². The lowest BCUT2D eigenvalue weighted by Crippen LogP contribution is -2.32. The van der Waals surface area contributed by atoms with Gasteiger partial charge in [0.05, 0.1) is 24.1 Å². The first-order valence-corrected chi connectivity index (χ1v) is 9.24. The number of pyridine rings is 1. The van der Waals surface area contributed by atoms with Crippen molar-refractivity contribution in [3.05, 3.63) is 48.3 Å². The number of alkyl halides is 3. The monoisotopic (exact) mass is 410 g/mol. The van der Waals surface area contributed by atoms with Gasteiger partial charge in [-0.05, 0) is 54.6 Å². The first kappa shape index (κ1) is 20.0. The van der Waals surface area contributed by atoms with Crippen LogP contribution >= 0.6 is 11.8 Å². The van der Waals surface area contributed by atoms with Crippen LogP contribution in [0.1, 0.15) is 12.5 Å². The predicted octanol–water partition coefficient (Wildman–Crippen LogP) is 4.09. The summed E-state index contributed by atoms with van der Waals surface area (Å²) in [6, 6.07) is 6.40. The molecule has 2 aromatic rings. The molecule has 0 radical (unpaired) electrons. The Kier molecular flexibility index (Phi) is 5.78. The number of hydrogen-bond acceptors (Lipinski definition) is 5. The molecule has 148 valence electrons. The minimum atomic E-state index is -4.40. The van der Waals surface area contributed by atoms with Crippen LogP contribution in [0.5, 0.6) is 0 Å². The third kappa shape index (κ3) is 4.56. The minimum absolute atomic E-state index is 0.0146. The smallest absolute Gasteiger partial charge is 0.384 e. The van der Waals surface area contributed by atoms with Crippen molar-refractivity contribution >= 4 is 35.1 Å². The van der Waals surface area contributed by atoms with Gasteiger partial charge < -0.3 is 10.2 Å². The number of amides is 3. The minimum Gasteiger partial charge on any atom is -0.384 e. The van der Waals surface area contributed by atoms with Gasteiger partial charge in [-0.2, -0.15) is 13.2 Å².